The van der Waals surface area contributed by atoms with Crippen LogP contribution in [0.2, 0.25) is 0 Å². The number of nitrogens with zero attached hydrogens (tertiary/aromatic N) is 1. The molecule has 0 aliphatic heterocycles. The molecule has 0 aromatic carbocycles. The Morgan fingerprint density at radius 2 is 2.50 bits per heavy atom. The lowest BCUT2D eigenvalue weighted by molar-refractivity contribution is 0.192. The summed E-state index contributed by atoms with van der Waals surface area (Å²) in [7, 11) is 0. The molecule has 0 aliphatic carbocycles. The van der Waals surface area contributed by atoms with E-state index in [1.807, 2.05) is 0 Å². The Labute approximate surface area is 85.7 Å². The van der Waals surface area contributed by atoms with Crippen LogP contribution in [-0.2, 0) is 0 Å². The van der Waals surface area contributed by atoms with Gasteiger partial charge >= 0.3 is 0 Å². The molecule has 5 nitrogen and oxygen atoms in total. The predicted octanol–water partition coefficient (Wildman–Crippen LogP) is 0.215. The lowest BCUT2D eigenvalue weighted by atomic mass is 10.3. The van der Waals surface area contributed by atoms with Crippen LogP contribution in [0.5, 0.6) is 0 Å². The number of nitrogens with two attached hydrogens (primary N) is 1. The number of nitrogens with one attached hydrogen (secondary N) is 1. The molecule has 0 spiro atoms. The molecule has 1 heterocycles. The Kier molecular flexibility index (Phi) is 3.97. The van der Waals surface area contributed by atoms with E-state index in [0.29, 0.717) is 17.3 Å². The van der Waals surface area contributed by atoms with Crippen LogP contribution in [0.1, 0.15) is 13.3 Å². The number of hydrogen-bond donors (Lipinski definition) is 3. The molecule has 1 atom stereocenters. The van der Waals surface area contributed by atoms with Crippen molar-refractivity contribution in [3.63, 3.8) is 0 Å². The number of nitrogen functional groups attached to an aromatic ring is 1. The van der Waals surface area contributed by atoms with Crippen LogP contribution >= 0.6 is 11.8 Å². The minimum atomic E-state index is -0.338. The van der Waals surface area contributed by atoms with Crippen molar-refractivity contribution in [1.82, 2.24) is 9.97 Å². The van der Waals surface area contributed by atoms with E-state index in [2.05, 4.69) is 9.97 Å². The molecule has 1 rings (SSSR count). The summed E-state index contributed by atoms with van der Waals surface area (Å²) in [5, 5.41) is 9.51. The first-order valence-corrected chi connectivity index (χ1v) is 5.24. The van der Waals surface area contributed by atoms with E-state index in [-0.39, 0.29) is 17.5 Å². The molecule has 0 radical (unpaired) electrons. The van der Waals surface area contributed by atoms with Crippen molar-refractivity contribution in [3.05, 3.63) is 16.4 Å². The van der Waals surface area contributed by atoms with Crippen LogP contribution in [0.3, 0.4) is 0 Å². The van der Waals surface area contributed by atoms with Gasteiger partial charge in [-0.3, -0.25) is 4.79 Å². The van der Waals surface area contributed by atoms with Crippen LogP contribution in [0.4, 0.5) is 5.82 Å². The Balaban J connectivity index is 2.55. The highest BCUT2D eigenvalue weighted by atomic mass is 32.2. The molecule has 0 fully saturated rings. The molecule has 0 aliphatic rings. The standard InChI is InChI=1S/C8H13N3O2S/c1-5(12)2-3-14-8-10-6(9)4-7(13)11-8/h4-5,12H,2-3H2,1H3,(H3,9,10,11,13). The molecular formula is C8H13N3O2S. The molecule has 4 N–H and O–H groups in total. The molecule has 78 valence electrons. The maximum Gasteiger partial charge on any atom is 0.253 e. The third-order valence-electron chi connectivity index (χ3n) is 1.51. The average Bonchev–Trinajstić information content (AvgIpc) is 2.01. The Bertz CT molecular complexity index is 351. The van der Waals surface area contributed by atoms with E-state index < -0.39 is 0 Å². The van der Waals surface area contributed by atoms with E-state index in [0.717, 1.165) is 0 Å². The van der Waals surface area contributed by atoms with Gasteiger partial charge in [-0.05, 0) is 13.3 Å². The number of aliphatic hydroxyl groups is 1. The van der Waals surface area contributed by atoms with Crippen LogP contribution < -0.4 is 11.3 Å². The summed E-state index contributed by atoms with van der Waals surface area (Å²) in [6.07, 6.45) is 0.318. The molecule has 0 amide bonds. The first-order valence-electron chi connectivity index (χ1n) is 4.25. The summed E-state index contributed by atoms with van der Waals surface area (Å²) in [5.74, 6) is 0.914. The predicted molar refractivity (Wildman–Crippen MR) is 56.3 cm³/mol. The maximum atomic E-state index is 11.0. The highest BCUT2D eigenvalue weighted by molar-refractivity contribution is 7.99. The fraction of sp³-hybridized carbons (Fsp3) is 0.500. The number of anilines is 1. The van der Waals surface area contributed by atoms with Crippen LogP contribution in [0, 0.1) is 0 Å². The molecule has 1 unspecified atom stereocenters. The van der Waals surface area contributed by atoms with Crippen molar-refractivity contribution in [2.45, 2.75) is 24.6 Å². The van der Waals surface area contributed by atoms with Crippen LogP contribution in [0.25, 0.3) is 0 Å². The number of thioether (sulfide) groups is 1. The average molecular weight is 215 g/mol. The third kappa shape index (κ3) is 3.80. The third-order valence-corrected chi connectivity index (χ3v) is 2.42. The quantitative estimate of drug-likeness (QED) is 0.493. The Morgan fingerprint density at radius 1 is 1.79 bits per heavy atom. The summed E-state index contributed by atoms with van der Waals surface area (Å²) in [6.45, 7) is 1.72. The van der Waals surface area contributed by atoms with Crippen LogP contribution in [-0.4, -0.2) is 26.9 Å². The Hall–Kier alpha value is -1.01. The van der Waals surface area contributed by atoms with Crippen molar-refractivity contribution in [2.24, 2.45) is 0 Å². The fourth-order valence-corrected chi connectivity index (χ4v) is 1.84. The molecule has 0 saturated heterocycles. The van der Waals surface area contributed by atoms with E-state index in [1.165, 1.54) is 17.8 Å². The monoisotopic (exact) mass is 215 g/mol. The van der Waals surface area contributed by atoms with Gasteiger partial charge in [-0.2, -0.15) is 0 Å². The zero-order valence-corrected chi connectivity index (χ0v) is 8.67. The van der Waals surface area contributed by atoms with E-state index in [4.69, 9.17) is 10.8 Å². The minimum Gasteiger partial charge on any atom is -0.393 e. The lowest BCUT2D eigenvalue weighted by Gasteiger charge is -2.03. The number of H-pyrrole nitrogens is 1. The van der Waals surface area contributed by atoms with Gasteiger partial charge in [0.1, 0.15) is 5.82 Å². The van der Waals surface area contributed by atoms with Gasteiger partial charge in [0.15, 0.2) is 5.16 Å². The van der Waals surface area contributed by atoms with Crippen molar-refractivity contribution in [2.75, 3.05) is 11.5 Å². The van der Waals surface area contributed by atoms with Gasteiger partial charge < -0.3 is 15.8 Å². The van der Waals surface area contributed by atoms with Gasteiger partial charge in [-0.15, -0.1) is 0 Å². The first kappa shape index (κ1) is 11.1. The summed E-state index contributed by atoms with van der Waals surface area (Å²) in [5.41, 5.74) is 5.14. The second-order valence-electron chi connectivity index (χ2n) is 2.96. The molecule has 0 bridgehead atoms. The second-order valence-corrected chi connectivity index (χ2v) is 4.05. The summed E-state index contributed by atoms with van der Waals surface area (Å²) >= 11 is 1.37. The number of hydrogen-bond acceptors (Lipinski definition) is 5. The van der Waals surface area contributed by atoms with Gasteiger partial charge in [-0.25, -0.2) is 4.98 Å². The van der Waals surface area contributed by atoms with Crippen LogP contribution in [0.15, 0.2) is 16.0 Å². The van der Waals surface area contributed by atoms with Gasteiger partial charge in [-0.1, -0.05) is 11.8 Å². The molecule has 6 heteroatoms. The lowest BCUT2D eigenvalue weighted by Crippen LogP contribution is -2.10. The molecule has 1 aromatic rings. The zero-order valence-electron chi connectivity index (χ0n) is 7.86. The molecule has 1 aromatic heterocycles. The Morgan fingerprint density at radius 3 is 3.07 bits per heavy atom. The summed E-state index contributed by atoms with van der Waals surface area (Å²) in [4.78, 5) is 17.5. The zero-order chi connectivity index (χ0) is 10.6. The summed E-state index contributed by atoms with van der Waals surface area (Å²) < 4.78 is 0. The largest absolute Gasteiger partial charge is 0.393 e. The smallest absolute Gasteiger partial charge is 0.253 e. The van der Waals surface area contributed by atoms with Gasteiger partial charge in [0.05, 0.1) is 6.10 Å². The second kappa shape index (κ2) is 5.02. The van der Waals surface area contributed by atoms with E-state index in [9.17, 15) is 4.79 Å². The number of aromatic amines is 1. The van der Waals surface area contributed by atoms with E-state index >= 15 is 0 Å². The van der Waals surface area contributed by atoms with Gasteiger partial charge in [0.25, 0.3) is 5.56 Å². The highest BCUT2D eigenvalue weighted by Gasteiger charge is 2.01. The normalized spacial score (nSPS) is 12.7. The van der Waals surface area contributed by atoms with Gasteiger partial charge in [0, 0.05) is 11.8 Å². The fourth-order valence-electron chi connectivity index (χ4n) is 0.848. The SMILES string of the molecule is CC(O)CCSc1nc(N)cc(=O)[nH]1. The van der Waals surface area contributed by atoms with E-state index in [1.54, 1.807) is 6.92 Å². The van der Waals surface area contributed by atoms with Crippen molar-refractivity contribution < 1.29 is 5.11 Å². The van der Waals surface area contributed by atoms with Crippen molar-refractivity contribution >= 4 is 17.6 Å². The number of aliphatic hydroxyl groups excluding tert-OH is 1. The number of rotatable bonds is 4. The molecular weight excluding hydrogens is 202 g/mol. The summed E-state index contributed by atoms with van der Waals surface area (Å²) in [6, 6.07) is 1.23. The first-order chi connectivity index (χ1) is 6.58. The topological polar surface area (TPSA) is 92.0 Å². The maximum absolute atomic E-state index is 11.0. The molecule has 14 heavy (non-hydrogen) atoms. The van der Waals surface area contributed by atoms with Crippen molar-refractivity contribution in [3.8, 4) is 0 Å². The molecule has 0 saturated carbocycles. The van der Waals surface area contributed by atoms with Gasteiger partial charge in [0.2, 0.25) is 0 Å². The highest BCUT2D eigenvalue weighted by Crippen LogP contribution is 2.13. The van der Waals surface area contributed by atoms with Crippen molar-refractivity contribution in [1.29, 1.82) is 0 Å². The number of aromatic nitrogens is 2. The minimum absolute atomic E-state index is 0.216.